The highest BCUT2D eigenvalue weighted by Gasteiger charge is 2.27. The molecule has 3 rings (SSSR count). The highest BCUT2D eigenvalue weighted by molar-refractivity contribution is 5.88. The predicted molar refractivity (Wildman–Crippen MR) is 93.7 cm³/mol. The Kier molecular flexibility index (Phi) is 5.28. The van der Waals surface area contributed by atoms with Crippen molar-refractivity contribution < 1.29 is 14.3 Å². The van der Waals surface area contributed by atoms with E-state index in [1.807, 2.05) is 31.2 Å². The number of hydrogen-bond donors (Lipinski definition) is 0. The lowest BCUT2D eigenvalue weighted by molar-refractivity contribution is 0.0457. The summed E-state index contributed by atoms with van der Waals surface area (Å²) in [6, 6.07) is 7.91. The Bertz CT molecular complexity index is 807. The molecule has 0 atom stereocenters. The van der Waals surface area contributed by atoms with Gasteiger partial charge in [-0.25, -0.2) is 4.79 Å². The summed E-state index contributed by atoms with van der Waals surface area (Å²) in [6.45, 7) is 2.68. The number of hydrogen-bond acceptors (Lipinski definition) is 5. The molecule has 1 aromatic carbocycles. The summed E-state index contributed by atoms with van der Waals surface area (Å²) < 4.78 is 11.8. The van der Waals surface area contributed by atoms with Gasteiger partial charge in [-0.05, 0) is 25.3 Å². The molecule has 6 heteroatoms. The van der Waals surface area contributed by atoms with Crippen LogP contribution in [0.4, 0.5) is 0 Å². The van der Waals surface area contributed by atoms with E-state index in [-0.39, 0.29) is 18.3 Å². The number of ether oxygens (including phenoxy) is 2. The smallest absolute Gasteiger partial charge is 0.362 e. The zero-order valence-corrected chi connectivity index (χ0v) is 14.5. The van der Waals surface area contributed by atoms with Crippen molar-refractivity contribution in [2.75, 3.05) is 20.3 Å². The monoisotopic (exact) mass is 342 g/mol. The molecule has 1 aliphatic rings. The topological polar surface area (TPSA) is 70.4 Å². The van der Waals surface area contributed by atoms with Gasteiger partial charge in [0.25, 0.3) is 0 Å². The lowest BCUT2D eigenvalue weighted by Crippen LogP contribution is -2.25. The molecule has 0 unspecified atom stereocenters. The van der Waals surface area contributed by atoms with E-state index in [0.29, 0.717) is 18.6 Å². The van der Waals surface area contributed by atoms with E-state index < -0.39 is 11.4 Å². The first-order valence-corrected chi connectivity index (χ1v) is 8.46. The third-order valence-electron chi connectivity index (χ3n) is 4.14. The molecule has 25 heavy (non-hydrogen) atoms. The number of benzene rings is 1. The van der Waals surface area contributed by atoms with Crippen molar-refractivity contribution in [1.82, 2.24) is 9.78 Å². The van der Waals surface area contributed by atoms with Crippen LogP contribution in [0.15, 0.2) is 35.3 Å². The van der Waals surface area contributed by atoms with E-state index in [2.05, 4.69) is 5.10 Å². The van der Waals surface area contributed by atoms with Crippen molar-refractivity contribution in [3.05, 3.63) is 51.9 Å². The normalized spacial score (nSPS) is 13.7. The Morgan fingerprint density at radius 2 is 1.96 bits per heavy atom. The third kappa shape index (κ3) is 4.14. The minimum Gasteiger partial charge on any atom is -0.461 e. The van der Waals surface area contributed by atoms with E-state index in [0.717, 1.165) is 24.0 Å². The predicted octanol–water partition coefficient (Wildman–Crippen LogP) is 2.75. The van der Waals surface area contributed by atoms with Gasteiger partial charge in [0, 0.05) is 31.9 Å². The number of carbonyl (C=O) groups is 1. The molecule has 1 aliphatic carbocycles. The van der Waals surface area contributed by atoms with Crippen LogP contribution in [-0.4, -0.2) is 36.1 Å². The molecule has 132 valence electrons. The Labute approximate surface area is 146 Å². The van der Waals surface area contributed by atoms with Crippen LogP contribution in [0.5, 0.6) is 0 Å². The van der Waals surface area contributed by atoms with Crippen molar-refractivity contribution in [2.24, 2.45) is 0 Å². The molecule has 2 aromatic rings. The number of rotatable bonds is 7. The van der Waals surface area contributed by atoms with Gasteiger partial charge in [0.2, 0.25) is 11.1 Å². The summed E-state index contributed by atoms with van der Waals surface area (Å²) in [5.74, 6) is -0.676. The maximum absolute atomic E-state index is 12.8. The van der Waals surface area contributed by atoms with Gasteiger partial charge in [-0.3, -0.25) is 9.48 Å². The zero-order valence-electron chi connectivity index (χ0n) is 14.5. The molecule has 1 heterocycles. The number of methoxy groups -OCH3 is 1. The van der Waals surface area contributed by atoms with Gasteiger partial charge in [0.05, 0.1) is 12.6 Å². The van der Waals surface area contributed by atoms with Gasteiger partial charge in [-0.15, -0.1) is 0 Å². The van der Waals surface area contributed by atoms with E-state index in [9.17, 15) is 9.59 Å². The Hall–Kier alpha value is -2.47. The minimum absolute atomic E-state index is 0.151. The lowest BCUT2D eigenvalue weighted by Gasteiger charge is -2.10. The number of esters is 1. The standard InChI is InChI=1S/C19H22N2O4/c1-13-4-6-14(7-5-13)16-12-21(15-8-9-15)20-17(18(16)22)19(23)25-11-3-10-24-2/h4-7,12,15H,3,8-11H2,1-2H3. The number of carbonyl (C=O) groups excluding carboxylic acids is 1. The molecule has 1 saturated carbocycles. The summed E-state index contributed by atoms with van der Waals surface area (Å²) in [5, 5.41) is 4.24. The second kappa shape index (κ2) is 7.61. The third-order valence-corrected chi connectivity index (χ3v) is 4.14. The molecular weight excluding hydrogens is 320 g/mol. The largest absolute Gasteiger partial charge is 0.461 e. The van der Waals surface area contributed by atoms with Crippen LogP contribution in [0.2, 0.25) is 0 Å². The number of aromatic nitrogens is 2. The van der Waals surface area contributed by atoms with Crippen molar-refractivity contribution in [2.45, 2.75) is 32.2 Å². The molecule has 6 nitrogen and oxygen atoms in total. The van der Waals surface area contributed by atoms with Crippen molar-refractivity contribution in [3.8, 4) is 11.1 Å². The fraction of sp³-hybridized carbons (Fsp3) is 0.421. The second-order valence-electron chi connectivity index (χ2n) is 6.28. The lowest BCUT2D eigenvalue weighted by atomic mass is 10.1. The van der Waals surface area contributed by atoms with Gasteiger partial charge in [0.15, 0.2) is 0 Å². The van der Waals surface area contributed by atoms with Crippen LogP contribution in [0.25, 0.3) is 11.1 Å². The van der Waals surface area contributed by atoms with E-state index in [4.69, 9.17) is 9.47 Å². The Morgan fingerprint density at radius 3 is 2.60 bits per heavy atom. The Balaban J connectivity index is 1.93. The van der Waals surface area contributed by atoms with Gasteiger partial charge in [-0.2, -0.15) is 5.10 Å². The minimum atomic E-state index is -0.676. The first kappa shape index (κ1) is 17.4. The van der Waals surface area contributed by atoms with Crippen molar-refractivity contribution in [3.63, 3.8) is 0 Å². The van der Waals surface area contributed by atoms with Crippen LogP contribution < -0.4 is 5.43 Å². The highest BCUT2D eigenvalue weighted by atomic mass is 16.5. The maximum Gasteiger partial charge on any atom is 0.362 e. The average Bonchev–Trinajstić information content (AvgIpc) is 3.45. The van der Waals surface area contributed by atoms with Gasteiger partial charge in [-0.1, -0.05) is 29.8 Å². The van der Waals surface area contributed by atoms with Crippen molar-refractivity contribution in [1.29, 1.82) is 0 Å². The van der Waals surface area contributed by atoms with E-state index in [1.165, 1.54) is 0 Å². The summed E-state index contributed by atoms with van der Waals surface area (Å²) in [5.41, 5.74) is 1.82. The molecule has 1 aromatic heterocycles. The van der Waals surface area contributed by atoms with Crippen LogP contribution in [0, 0.1) is 6.92 Å². The van der Waals surface area contributed by atoms with Crippen LogP contribution in [0.1, 0.15) is 41.4 Å². The van der Waals surface area contributed by atoms with Crippen LogP contribution in [-0.2, 0) is 9.47 Å². The fourth-order valence-electron chi connectivity index (χ4n) is 2.54. The first-order chi connectivity index (χ1) is 12.1. The molecule has 0 radical (unpaired) electrons. The van der Waals surface area contributed by atoms with Gasteiger partial charge >= 0.3 is 5.97 Å². The quantitative estimate of drug-likeness (QED) is 0.571. The van der Waals surface area contributed by atoms with Crippen LogP contribution >= 0.6 is 0 Å². The number of aryl methyl sites for hydroxylation is 1. The van der Waals surface area contributed by atoms with Crippen molar-refractivity contribution >= 4 is 5.97 Å². The first-order valence-electron chi connectivity index (χ1n) is 8.46. The fourth-order valence-corrected chi connectivity index (χ4v) is 2.54. The molecule has 0 aliphatic heterocycles. The summed E-state index contributed by atoms with van der Waals surface area (Å²) in [4.78, 5) is 25.1. The van der Waals surface area contributed by atoms with E-state index >= 15 is 0 Å². The molecule has 1 fully saturated rings. The molecule has 0 amide bonds. The molecule has 0 spiro atoms. The number of nitrogens with zero attached hydrogens (tertiary/aromatic N) is 2. The molecular formula is C19H22N2O4. The second-order valence-corrected chi connectivity index (χ2v) is 6.28. The summed E-state index contributed by atoms with van der Waals surface area (Å²) >= 11 is 0. The molecule has 0 bridgehead atoms. The maximum atomic E-state index is 12.8. The van der Waals surface area contributed by atoms with Gasteiger partial charge in [0.1, 0.15) is 0 Å². The van der Waals surface area contributed by atoms with Crippen LogP contribution in [0.3, 0.4) is 0 Å². The van der Waals surface area contributed by atoms with Gasteiger partial charge < -0.3 is 9.47 Å². The summed E-state index contributed by atoms with van der Waals surface area (Å²) in [7, 11) is 1.59. The summed E-state index contributed by atoms with van der Waals surface area (Å²) in [6.07, 6.45) is 4.33. The SMILES string of the molecule is COCCCOC(=O)c1nn(C2CC2)cc(-c2ccc(C)cc2)c1=O. The van der Waals surface area contributed by atoms with E-state index in [1.54, 1.807) is 18.0 Å². The highest BCUT2D eigenvalue weighted by Crippen LogP contribution is 2.34. The average molecular weight is 342 g/mol. The Morgan fingerprint density at radius 1 is 1.24 bits per heavy atom. The zero-order chi connectivity index (χ0) is 17.8. The molecule has 0 N–H and O–H groups in total. The molecule has 0 saturated heterocycles.